The van der Waals surface area contributed by atoms with Crippen molar-refractivity contribution in [1.29, 1.82) is 0 Å². The molecule has 2 aromatic heterocycles. The van der Waals surface area contributed by atoms with Crippen molar-refractivity contribution in [3.05, 3.63) is 48.4 Å². The highest BCUT2D eigenvalue weighted by molar-refractivity contribution is 5.94. The van der Waals surface area contributed by atoms with Crippen molar-refractivity contribution in [2.75, 3.05) is 5.73 Å². The van der Waals surface area contributed by atoms with E-state index in [1.54, 1.807) is 17.1 Å². The first-order valence-corrected chi connectivity index (χ1v) is 5.97. The first-order chi connectivity index (χ1) is 9.24. The summed E-state index contributed by atoms with van der Waals surface area (Å²) in [4.78, 5) is 4.33. The lowest BCUT2D eigenvalue weighted by molar-refractivity contribution is 0.309. The summed E-state index contributed by atoms with van der Waals surface area (Å²) in [6.45, 7) is 0.462. The van der Waals surface area contributed by atoms with E-state index < -0.39 is 0 Å². The van der Waals surface area contributed by atoms with Crippen LogP contribution in [0.25, 0.3) is 10.9 Å². The predicted octanol–water partition coefficient (Wildman–Crippen LogP) is 2.13. The highest BCUT2D eigenvalue weighted by atomic mass is 16.5. The maximum atomic E-state index is 5.93. The van der Waals surface area contributed by atoms with Gasteiger partial charge in [0.15, 0.2) is 0 Å². The number of ether oxygens (including phenoxy) is 1. The van der Waals surface area contributed by atoms with E-state index in [4.69, 9.17) is 10.5 Å². The van der Waals surface area contributed by atoms with Gasteiger partial charge in [-0.2, -0.15) is 5.10 Å². The van der Waals surface area contributed by atoms with E-state index in [0.29, 0.717) is 12.3 Å². The summed E-state index contributed by atoms with van der Waals surface area (Å²) in [5.74, 6) is 0.730. The summed E-state index contributed by atoms with van der Waals surface area (Å²) < 4.78 is 7.55. The fraction of sp³-hybridized carbons (Fsp3) is 0.143. The van der Waals surface area contributed by atoms with Gasteiger partial charge in [0.05, 0.1) is 6.20 Å². The van der Waals surface area contributed by atoms with Gasteiger partial charge in [-0.3, -0.25) is 9.67 Å². The number of nitrogen functional groups attached to an aromatic ring is 1. The molecular weight excluding hydrogens is 240 g/mol. The normalized spacial score (nSPS) is 10.8. The molecule has 0 fully saturated rings. The Morgan fingerprint density at radius 3 is 3.00 bits per heavy atom. The average Bonchev–Trinajstić information content (AvgIpc) is 2.84. The van der Waals surface area contributed by atoms with Gasteiger partial charge in [0.25, 0.3) is 0 Å². The Bertz CT molecular complexity index is 720. The Labute approximate surface area is 110 Å². The number of nitrogens with zero attached hydrogens (tertiary/aromatic N) is 3. The lowest BCUT2D eigenvalue weighted by Gasteiger charge is -2.09. The van der Waals surface area contributed by atoms with E-state index in [9.17, 15) is 0 Å². The minimum Gasteiger partial charge on any atom is -0.486 e. The molecular formula is C14H14N4O. The van der Waals surface area contributed by atoms with Crippen LogP contribution in [0.2, 0.25) is 0 Å². The largest absolute Gasteiger partial charge is 0.486 e. The molecule has 0 aliphatic rings. The summed E-state index contributed by atoms with van der Waals surface area (Å²) in [7, 11) is 1.88. The van der Waals surface area contributed by atoms with Gasteiger partial charge < -0.3 is 10.5 Å². The molecule has 2 heterocycles. The summed E-state index contributed by atoms with van der Waals surface area (Å²) in [6, 6.07) is 7.49. The monoisotopic (exact) mass is 254 g/mol. The molecule has 1 aromatic carbocycles. The zero-order valence-electron chi connectivity index (χ0n) is 10.6. The van der Waals surface area contributed by atoms with Crippen molar-refractivity contribution in [2.45, 2.75) is 6.61 Å². The molecule has 5 heteroatoms. The summed E-state index contributed by atoms with van der Waals surface area (Å²) in [5, 5.41) is 5.01. The number of hydrogen-bond donors (Lipinski definition) is 1. The van der Waals surface area contributed by atoms with Crippen molar-refractivity contribution < 1.29 is 4.74 Å². The maximum Gasteiger partial charge on any atom is 0.146 e. The van der Waals surface area contributed by atoms with E-state index in [1.165, 1.54) is 0 Å². The van der Waals surface area contributed by atoms with Crippen molar-refractivity contribution in [3.8, 4) is 5.75 Å². The highest BCUT2D eigenvalue weighted by Crippen LogP contribution is 2.28. The Hall–Kier alpha value is -2.56. The van der Waals surface area contributed by atoms with Crippen LogP contribution in [0.4, 0.5) is 5.69 Å². The fourth-order valence-electron chi connectivity index (χ4n) is 1.99. The molecule has 0 unspecified atom stereocenters. The SMILES string of the molecule is Cn1cc(COc2ccc(N)c3cccnc23)cn1. The molecule has 0 spiro atoms. The van der Waals surface area contributed by atoms with Gasteiger partial charge in [0, 0.05) is 36.1 Å². The van der Waals surface area contributed by atoms with Crippen LogP contribution in [0.1, 0.15) is 5.56 Å². The maximum absolute atomic E-state index is 5.93. The lowest BCUT2D eigenvalue weighted by atomic mass is 10.1. The minimum atomic E-state index is 0.462. The van der Waals surface area contributed by atoms with E-state index in [1.807, 2.05) is 37.5 Å². The zero-order chi connectivity index (χ0) is 13.2. The molecule has 3 aromatic rings. The Morgan fingerprint density at radius 1 is 1.32 bits per heavy atom. The topological polar surface area (TPSA) is 66.0 Å². The van der Waals surface area contributed by atoms with E-state index >= 15 is 0 Å². The number of hydrogen-bond acceptors (Lipinski definition) is 4. The molecule has 0 saturated carbocycles. The zero-order valence-corrected chi connectivity index (χ0v) is 10.6. The summed E-state index contributed by atoms with van der Waals surface area (Å²) >= 11 is 0. The van der Waals surface area contributed by atoms with Crippen LogP contribution >= 0.6 is 0 Å². The number of pyridine rings is 1. The molecule has 0 atom stereocenters. The second-order valence-corrected chi connectivity index (χ2v) is 4.36. The molecule has 0 aliphatic heterocycles. The molecule has 2 N–H and O–H groups in total. The molecule has 96 valence electrons. The predicted molar refractivity (Wildman–Crippen MR) is 73.7 cm³/mol. The molecule has 5 nitrogen and oxygen atoms in total. The van der Waals surface area contributed by atoms with E-state index in [0.717, 1.165) is 22.2 Å². The van der Waals surface area contributed by atoms with E-state index in [-0.39, 0.29) is 0 Å². The van der Waals surface area contributed by atoms with E-state index in [2.05, 4.69) is 10.1 Å². The van der Waals surface area contributed by atoms with Crippen LogP contribution in [0.3, 0.4) is 0 Å². The number of anilines is 1. The second-order valence-electron chi connectivity index (χ2n) is 4.36. The van der Waals surface area contributed by atoms with Crippen molar-refractivity contribution in [2.24, 2.45) is 7.05 Å². The third-order valence-electron chi connectivity index (χ3n) is 2.92. The highest BCUT2D eigenvalue weighted by Gasteiger charge is 2.06. The Kier molecular flexibility index (Phi) is 2.79. The molecule has 3 rings (SSSR count). The number of aromatic nitrogens is 3. The number of rotatable bonds is 3. The smallest absolute Gasteiger partial charge is 0.146 e. The first-order valence-electron chi connectivity index (χ1n) is 5.97. The van der Waals surface area contributed by atoms with Gasteiger partial charge in [-0.25, -0.2) is 0 Å². The van der Waals surface area contributed by atoms with Gasteiger partial charge >= 0.3 is 0 Å². The Morgan fingerprint density at radius 2 is 2.21 bits per heavy atom. The van der Waals surface area contributed by atoms with Crippen molar-refractivity contribution in [3.63, 3.8) is 0 Å². The van der Waals surface area contributed by atoms with Crippen LogP contribution in [0.15, 0.2) is 42.9 Å². The first kappa shape index (κ1) is 11.5. The number of fused-ring (bicyclic) bond motifs is 1. The van der Waals surface area contributed by atoms with Gasteiger partial charge in [0.2, 0.25) is 0 Å². The lowest BCUT2D eigenvalue weighted by Crippen LogP contribution is -1.97. The number of benzene rings is 1. The molecule has 0 bridgehead atoms. The van der Waals surface area contributed by atoms with Crippen LogP contribution in [-0.2, 0) is 13.7 Å². The third-order valence-corrected chi connectivity index (χ3v) is 2.92. The van der Waals surface area contributed by atoms with Crippen LogP contribution in [0, 0.1) is 0 Å². The molecule has 0 radical (unpaired) electrons. The molecule has 0 saturated heterocycles. The second kappa shape index (κ2) is 4.61. The van der Waals surface area contributed by atoms with Crippen molar-refractivity contribution in [1.82, 2.24) is 14.8 Å². The van der Waals surface area contributed by atoms with Crippen LogP contribution in [0.5, 0.6) is 5.75 Å². The van der Waals surface area contributed by atoms with Gasteiger partial charge in [-0.05, 0) is 24.3 Å². The van der Waals surface area contributed by atoms with Gasteiger partial charge in [0.1, 0.15) is 17.9 Å². The minimum absolute atomic E-state index is 0.462. The Balaban J connectivity index is 1.91. The van der Waals surface area contributed by atoms with Crippen LogP contribution < -0.4 is 10.5 Å². The third kappa shape index (κ3) is 2.22. The fourth-order valence-corrected chi connectivity index (χ4v) is 1.99. The van der Waals surface area contributed by atoms with Crippen LogP contribution in [-0.4, -0.2) is 14.8 Å². The standard InChI is InChI=1S/C14H14N4O/c1-18-8-10(7-17-18)9-19-13-5-4-12(15)11-3-2-6-16-14(11)13/h2-8H,9,15H2,1H3. The van der Waals surface area contributed by atoms with Gasteiger partial charge in [-0.15, -0.1) is 0 Å². The average molecular weight is 254 g/mol. The number of nitrogens with two attached hydrogens (primary N) is 1. The molecule has 0 aliphatic carbocycles. The number of aryl methyl sites for hydroxylation is 1. The molecule has 0 amide bonds. The quantitative estimate of drug-likeness (QED) is 0.727. The summed E-state index contributed by atoms with van der Waals surface area (Å²) in [6.07, 6.45) is 5.44. The van der Waals surface area contributed by atoms with Gasteiger partial charge in [-0.1, -0.05) is 0 Å². The molecule has 19 heavy (non-hydrogen) atoms. The summed E-state index contributed by atoms with van der Waals surface area (Å²) in [5.41, 5.74) is 8.43. The van der Waals surface area contributed by atoms with Crippen molar-refractivity contribution >= 4 is 16.6 Å².